The maximum Gasteiger partial charge on any atom is 0.357 e. The van der Waals surface area contributed by atoms with E-state index >= 15 is 0 Å². The van der Waals surface area contributed by atoms with Gasteiger partial charge in [-0.3, -0.25) is 4.79 Å². The summed E-state index contributed by atoms with van der Waals surface area (Å²) in [6.45, 7) is 7.41. The smallest absolute Gasteiger partial charge is 0.357 e. The molecular formula is C25H19Cl2N3O3. The van der Waals surface area contributed by atoms with E-state index in [2.05, 4.69) is 28.4 Å². The Labute approximate surface area is 200 Å². The number of hydrogen-bond acceptors (Lipinski definition) is 4. The number of benzene rings is 2. The lowest BCUT2D eigenvalue weighted by Crippen LogP contribution is -2.29. The molecule has 0 unspecified atom stereocenters. The summed E-state index contributed by atoms with van der Waals surface area (Å²) in [5.41, 5.74) is 1.74. The summed E-state index contributed by atoms with van der Waals surface area (Å²) < 4.78 is 0. The van der Waals surface area contributed by atoms with Crippen molar-refractivity contribution in [2.75, 3.05) is 6.54 Å². The molecule has 0 atom stereocenters. The van der Waals surface area contributed by atoms with Gasteiger partial charge < -0.3 is 10.4 Å². The number of rotatable bonds is 8. The molecule has 1 amide bonds. The fourth-order valence-corrected chi connectivity index (χ4v) is 3.23. The van der Waals surface area contributed by atoms with Gasteiger partial charge in [0.15, 0.2) is 11.4 Å². The molecule has 33 heavy (non-hydrogen) atoms. The Kier molecular flexibility index (Phi) is 7.77. The summed E-state index contributed by atoms with van der Waals surface area (Å²) in [5.74, 6) is -2.06. The number of aromatic carboxylic acids is 1. The van der Waals surface area contributed by atoms with Crippen molar-refractivity contribution in [1.29, 1.82) is 0 Å². The van der Waals surface area contributed by atoms with E-state index in [9.17, 15) is 14.7 Å². The third-order valence-corrected chi connectivity index (χ3v) is 5.10. The third kappa shape index (κ3) is 5.74. The molecule has 1 aromatic heterocycles. The van der Waals surface area contributed by atoms with Gasteiger partial charge >= 0.3 is 5.97 Å². The van der Waals surface area contributed by atoms with Crippen molar-refractivity contribution >= 4 is 35.1 Å². The number of nitrogens with one attached hydrogen (secondary N) is 1. The zero-order valence-electron chi connectivity index (χ0n) is 17.4. The number of hydrogen-bond donors (Lipinski definition) is 2. The molecule has 2 N–H and O–H groups in total. The minimum atomic E-state index is -1.38. The van der Waals surface area contributed by atoms with E-state index in [0.717, 1.165) is 0 Å². The molecule has 0 aliphatic heterocycles. The molecule has 2 aromatic carbocycles. The quantitative estimate of drug-likeness (QED) is 0.395. The van der Waals surface area contributed by atoms with Crippen molar-refractivity contribution < 1.29 is 14.7 Å². The molecule has 0 radical (unpaired) electrons. The van der Waals surface area contributed by atoms with Crippen molar-refractivity contribution in [2.45, 2.75) is 0 Å². The first kappa shape index (κ1) is 23.9. The Bertz CT molecular complexity index is 1250. The van der Waals surface area contributed by atoms with E-state index in [1.54, 1.807) is 66.8 Å². The number of halogens is 2. The molecule has 0 fully saturated rings. The molecule has 0 aliphatic carbocycles. The summed E-state index contributed by atoms with van der Waals surface area (Å²) in [5, 5.41) is 13.5. The second kappa shape index (κ2) is 10.7. The molecule has 3 rings (SSSR count). The van der Waals surface area contributed by atoms with Gasteiger partial charge in [-0.2, -0.15) is 0 Å². The predicted molar refractivity (Wildman–Crippen MR) is 131 cm³/mol. The zero-order chi connectivity index (χ0) is 24.0. The minimum Gasteiger partial charge on any atom is -0.476 e. The molecule has 0 saturated heterocycles. The molecule has 1 heterocycles. The number of amides is 1. The number of aromatic nitrogens is 2. The van der Waals surface area contributed by atoms with E-state index in [4.69, 9.17) is 23.2 Å². The van der Waals surface area contributed by atoms with Gasteiger partial charge in [-0.25, -0.2) is 14.8 Å². The van der Waals surface area contributed by atoms with Gasteiger partial charge in [0.05, 0.1) is 11.4 Å². The van der Waals surface area contributed by atoms with E-state index in [1.807, 2.05) is 0 Å². The van der Waals surface area contributed by atoms with Gasteiger partial charge in [0, 0.05) is 27.7 Å². The van der Waals surface area contributed by atoms with Gasteiger partial charge in [0.2, 0.25) is 0 Å². The van der Waals surface area contributed by atoms with Gasteiger partial charge in [0.25, 0.3) is 5.91 Å². The molecular weight excluding hydrogens is 461 g/mol. The number of allylic oxidation sites excluding steroid dienone is 2. The van der Waals surface area contributed by atoms with Gasteiger partial charge in [-0.05, 0) is 29.8 Å². The van der Waals surface area contributed by atoms with Gasteiger partial charge in [0.1, 0.15) is 0 Å². The lowest BCUT2D eigenvalue weighted by Gasteiger charge is -2.14. The largest absolute Gasteiger partial charge is 0.476 e. The average Bonchev–Trinajstić information content (AvgIpc) is 2.81. The van der Waals surface area contributed by atoms with Crippen LogP contribution in [0.1, 0.15) is 21.0 Å². The molecule has 3 aromatic rings. The van der Waals surface area contributed by atoms with Crippen molar-refractivity contribution in [1.82, 2.24) is 15.3 Å². The second-order valence-corrected chi connectivity index (χ2v) is 7.67. The van der Waals surface area contributed by atoms with Gasteiger partial charge in [-0.15, -0.1) is 0 Å². The summed E-state index contributed by atoms with van der Waals surface area (Å²) >= 11 is 12.0. The monoisotopic (exact) mass is 479 g/mol. The molecule has 0 bridgehead atoms. The van der Waals surface area contributed by atoms with E-state index in [-0.39, 0.29) is 12.2 Å². The summed E-state index contributed by atoms with van der Waals surface area (Å²) in [4.78, 5) is 33.7. The third-order valence-electron chi connectivity index (χ3n) is 4.60. The SMILES string of the molecule is C=C/C=C(\C=C)CNC(=O)c1nc(-c2ccc(Cl)cc2)c(-c2ccc(Cl)cc2)nc1C(=O)O. The highest BCUT2D eigenvalue weighted by molar-refractivity contribution is 6.31. The van der Waals surface area contributed by atoms with Crippen molar-refractivity contribution in [3.63, 3.8) is 0 Å². The Morgan fingerprint density at radius 2 is 1.36 bits per heavy atom. The molecule has 0 saturated carbocycles. The zero-order valence-corrected chi connectivity index (χ0v) is 18.9. The van der Waals surface area contributed by atoms with Crippen LogP contribution in [0.2, 0.25) is 10.0 Å². The van der Waals surface area contributed by atoms with Crippen LogP contribution in [0.15, 0.2) is 85.5 Å². The number of carbonyl (C=O) groups excluding carboxylic acids is 1. The summed E-state index contributed by atoms with van der Waals surface area (Å²) in [6.07, 6.45) is 4.81. The minimum absolute atomic E-state index is 0.115. The molecule has 6 nitrogen and oxygen atoms in total. The summed E-state index contributed by atoms with van der Waals surface area (Å²) in [7, 11) is 0. The number of carboxylic acid groups (broad SMARTS) is 1. The molecule has 0 aliphatic rings. The van der Waals surface area contributed by atoms with E-state index in [0.29, 0.717) is 38.1 Å². The topological polar surface area (TPSA) is 92.2 Å². The van der Waals surface area contributed by atoms with Crippen LogP contribution in [0.4, 0.5) is 0 Å². The molecule has 166 valence electrons. The fraction of sp³-hybridized carbons (Fsp3) is 0.0400. The first-order chi connectivity index (χ1) is 15.8. The van der Waals surface area contributed by atoms with Crippen LogP contribution in [0.25, 0.3) is 22.5 Å². The highest BCUT2D eigenvalue weighted by Gasteiger charge is 2.25. The van der Waals surface area contributed by atoms with Crippen molar-refractivity contribution in [2.24, 2.45) is 0 Å². The highest BCUT2D eigenvalue weighted by atomic mass is 35.5. The normalized spacial score (nSPS) is 11.0. The lowest BCUT2D eigenvalue weighted by atomic mass is 10.0. The number of nitrogens with zero attached hydrogens (tertiary/aromatic N) is 2. The molecule has 8 heteroatoms. The van der Waals surface area contributed by atoms with E-state index in [1.165, 1.54) is 0 Å². The first-order valence-corrected chi connectivity index (χ1v) is 10.5. The van der Waals surface area contributed by atoms with Crippen LogP contribution >= 0.6 is 23.2 Å². The van der Waals surface area contributed by atoms with Crippen LogP contribution in [0, 0.1) is 0 Å². The number of carbonyl (C=O) groups is 2. The van der Waals surface area contributed by atoms with Crippen LogP contribution < -0.4 is 5.32 Å². The average molecular weight is 480 g/mol. The fourth-order valence-electron chi connectivity index (χ4n) is 2.98. The Balaban J connectivity index is 2.17. The lowest BCUT2D eigenvalue weighted by molar-refractivity contribution is 0.0683. The van der Waals surface area contributed by atoms with Crippen LogP contribution in [-0.2, 0) is 0 Å². The van der Waals surface area contributed by atoms with Crippen LogP contribution in [0.5, 0.6) is 0 Å². The first-order valence-electron chi connectivity index (χ1n) is 9.73. The number of carboxylic acids is 1. The Morgan fingerprint density at radius 1 is 0.879 bits per heavy atom. The van der Waals surface area contributed by atoms with Crippen LogP contribution in [0.3, 0.4) is 0 Å². The van der Waals surface area contributed by atoms with Crippen molar-refractivity contribution in [3.8, 4) is 22.5 Å². The predicted octanol–water partition coefficient (Wildman–Crippen LogP) is 5.84. The highest BCUT2D eigenvalue weighted by Crippen LogP contribution is 2.31. The van der Waals surface area contributed by atoms with Crippen LogP contribution in [-0.4, -0.2) is 33.5 Å². The second-order valence-electron chi connectivity index (χ2n) is 6.80. The maximum absolute atomic E-state index is 12.9. The van der Waals surface area contributed by atoms with Crippen molar-refractivity contribution in [3.05, 3.63) is 107 Å². The summed E-state index contributed by atoms with van der Waals surface area (Å²) in [6, 6.07) is 13.5. The van der Waals surface area contributed by atoms with E-state index < -0.39 is 17.6 Å². The Morgan fingerprint density at radius 3 is 1.79 bits per heavy atom. The Hall–Kier alpha value is -3.74. The maximum atomic E-state index is 12.9. The standard InChI is InChI=1S/C25H19Cl2N3O3/c1-3-5-15(4-2)14-28-24(31)22-23(25(32)33)30-21(17-8-12-19(27)13-9-17)20(29-22)16-6-10-18(26)11-7-16/h3-13H,1-2,14H2,(H,28,31)(H,32,33)/b15-5+. The van der Waals surface area contributed by atoms with Gasteiger partial charge in [-0.1, -0.05) is 78.9 Å². The molecule has 0 spiro atoms.